The van der Waals surface area contributed by atoms with Crippen LogP contribution < -0.4 is 4.74 Å². The minimum Gasteiger partial charge on any atom is -0.508 e. The fourth-order valence-corrected chi connectivity index (χ4v) is 16.3. The van der Waals surface area contributed by atoms with Crippen LogP contribution in [-0.4, -0.2) is 240 Å². The minimum atomic E-state index is -2.10. The highest BCUT2D eigenvalue weighted by Crippen LogP contribution is 2.40. The summed E-state index contributed by atoms with van der Waals surface area (Å²) in [7, 11) is 7.22. The Labute approximate surface area is 811 Å². The topological polar surface area (TPSA) is 440 Å². The lowest BCUT2D eigenvalue weighted by molar-refractivity contribution is -0.191. The van der Waals surface area contributed by atoms with Crippen molar-refractivity contribution in [1.29, 1.82) is 0 Å². The Hall–Kier alpha value is -16.0. The highest BCUT2D eigenvalue weighted by molar-refractivity contribution is 6.43. The van der Waals surface area contributed by atoms with Gasteiger partial charge in [-0.3, -0.25) is 130 Å². The molecule has 9 aromatic rings. The zero-order chi connectivity index (χ0) is 106. The Bertz CT molecular complexity index is 6570. The SMILES string of the molecule is CCCc1cc2c(cc1O)C(=O)N(C)C2=O.CCN1C(=O)c2c(C)c(C)c(C)c(C)c2C1=O.CCN1C(=O)c2c(F)c(F)c(F)c(F)c2C1=O.CCN1C(=O)c2ccc(C)c(C)c2C1=O.CCN1C(=O)c2ccc(F)c(F)c2C1=O.CCN1C(=O)c2cccc(OC)c2C1=O.CCc1cc2c(cc1O)C(=O)N(C)C2=O.CN1C(=O)c2cc(Cl)c(Cl)cc2C1=O.Cc1cc2c(cc1O)C(=O)N(C)C2=O.O=C=O. The molecule has 41 heteroatoms. The van der Waals surface area contributed by atoms with Crippen LogP contribution in [0, 0.1) is 83.4 Å². The van der Waals surface area contributed by atoms with Crippen LogP contribution in [0.5, 0.6) is 23.0 Å². The highest BCUT2D eigenvalue weighted by Gasteiger charge is 2.46. The lowest BCUT2D eigenvalue weighted by atomic mass is 9.90. The Morgan fingerprint density at radius 2 is 0.596 bits per heavy atom. The number of ether oxygens (including phenoxy) is 1. The number of aryl methyl sites for hydroxylation is 4. The Morgan fingerprint density at radius 1 is 0.298 bits per heavy atom. The van der Waals surface area contributed by atoms with Crippen molar-refractivity contribution in [3.8, 4) is 23.0 Å². The van der Waals surface area contributed by atoms with Crippen molar-refractivity contribution in [1.82, 2.24) is 44.1 Å². The maximum Gasteiger partial charge on any atom is 0.373 e. The van der Waals surface area contributed by atoms with Crippen LogP contribution in [0.1, 0.15) is 291 Å². The van der Waals surface area contributed by atoms with Gasteiger partial charge in [-0.2, -0.15) is 9.59 Å². The lowest BCUT2D eigenvalue weighted by Crippen LogP contribution is -2.29. The third-order valence-corrected chi connectivity index (χ3v) is 25.0. The molecule has 0 aromatic heterocycles. The molecule has 0 spiro atoms. The third kappa shape index (κ3) is 19.8. The van der Waals surface area contributed by atoms with E-state index in [0.29, 0.717) is 121 Å². The van der Waals surface area contributed by atoms with Gasteiger partial charge in [-0.05, 0) is 225 Å². The zero-order valence-electron chi connectivity index (χ0n) is 79.3. The van der Waals surface area contributed by atoms with E-state index in [1.807, 2.05) is 75.3 Å². The van der Waals surface area contributed by atoms with Gasteiger partial charge in [0.2, 0.25) is 0 Å². The molecule has 9 heterocycles. The number of imide groups is 9. The van der Waals surface area contributed by atoms with Crippen LogP contribution in [-0.2, 0) is 22.4 Å². The minimum absolute atomic E-state index is 0.0419. The van der Waals surface area contributed by atoms with Crippen LogP contribution in [0.25, 0.3) is 0 Å². The summed E-state index contributed by atoms with van der Waals surface area (Å²) in [5.74, 6) is -17.0. The quantitative estimate of drug-likeness (QED) is 0.0523. The molecule has 141 heavy (non-hydrogen) atoms. The Kier molecular flexibility index (Phi) is 33.7. The van der Waals surface area contributed by atoms with Gasteiger partial charge in [-0.25, -0.2) is 26.3 Å². The molecule has 9 aromatic carbocycles. The summed E-state index contributed by atoms with van der Waals surface area (Å²) in [5.41, 5.74) is 11.3. The van der Waals surface area contributed by atoms with Gasteiger partial charge in [0.1, 0.15) is 23.0 Å². The molecule has 0 aliphatic carbocycles. The van der Waals surface area contributed by atoms with E-state index in [4.69, 9.17) is 37.5 Å². The molecule has 3 N–H and O–H groups in total. The molecule has 18 amide bonds. The van der Waals surface area contributed by atoms with Gasteiger partial charge in [0, 0.05) is 60.9 Å². The number of carbonyl (C=O) groups is 18. The second kappa shape index (κ2) is 43.8. The predicted molar refractivity (Wildman–Crippen MR) is 492 cm³/mol. The molecule has 9 aliphatic heterocycles. The van der Waals surface area contributed by atoms with E-state index in [1.165, 1.54) is 93.3 Å². The van der Waals surface area contributed by atoms with E-state index in [0.717, 1.165) is 82.0 Å². The molecule has 0 unspecified atom stereocenters. The number of phenols is 3. The van der Waals surface area contributed by atoms with Crippen LogP contribution in [0.3, 0.4) is 0 Å². The second-order valence-electron chi connectivity index (χ2n) is 32.0. The molecule has 0 radical (unpaired) electrons. The molecule has 736 valence electrons. The Morgan fingerprint density at radius 3 is 0.965 bits per heavy atom. The largest absolute Gasteiger partial charge is 0.508 e. The molecule has 18 rings (SSSR count). The number of nitrogens with zero attached hydrogens (tertiary/aromatic N) is 9. The standard InChI is InChI=1S/C14H17NO2.C12H13NO3.C12H13NO2.2C11H11NO3.C10H5F4NO2.C10H7F2NO2.C10H9NO3.C9H5Cl2NO2.CO2/c1-6-15-13(16)11-9(4)7(2)8(3)10(5)12(11)14(15)17;1-3-4-7-5-8-9(6-10(7)14)12(16)13(2)11(8)15;1-4-13-11(14)9-6-5-7(2)8(3)10(9)12(13)15;1-3-6-4-7-8(5-9(6)13)11(15)12(2)10(7)14;1-3-12-10(13)7-5-4-6-8(15-2)9(7)11(12)14;1-2-15-9(16)3-4(10(15)17)6(12)8(14)7(13)5(3)11;1-2-13-9(14)5-3-4-6(11)8(12)7(5)10(13)15;1-5-3-6-7(4-8(5)12)10(14)11(2)9(6)13;1-12-8(13)4-2-6(10)7(11)3-5(4)9(12)14;2-1-3/h6H2,1-5H3;5-6,14H,3-4H2,1-2H3;5-6H,4H2,1-3H3;4-5,13H,3H2,1-2H3;4-6H,3H2,1-2H3;2H2,1H3;3-4H,2H2,1H3;3-4,12H,1-2H3;2-3H,1H3;. The molecule has 0 saturated heterocycles. The average Bonchev–Trinajstić information content (AvgIpc) is 1.59. The second-order valence-corrected chi connectivity index (χ2v) is 32.9. The first kappa shape index (κ1) is 109. The smallest absolute Gasteiger partial charge is 0.373 e. The van der Waals surface area contributed by atoms with Crippen LogP contribution in [0.2, 0.25) is 10.0 Å². The van der Waals surface area contributed by atoms with Crippen molar-refractivity contribution < 1.29 is 142 Å². The molecule has 9 aliphatic rings. The van der Waals surface area contributed by atoms with Crippen LogP contribution in [0.15, 0.2) is 91.0 Å². The number of halogens is 8. The summed E-state index contributed by atoms with van der Waals surface area (Å²) >= 11 is 11.5. The molecule has 0 atom stereocenters. The third-order valence-electron chi connectivity index (χ3n) is 24.3. The molecule has 0 saturated carbocycles. The van der Waals surface area contributed by atoms with Crippen molar-refractivity contribution in [3.63, 3.8) is 0 Å². The summed E-state index contributed by atoms with van der Waals surface area (Å²) < 4.78 is 83.6. The number of hydrogen-bond donors (Lipinski definition) is 3. The van der Waals surface area contributed by atoms with E-state index < -0.39 is 75.2 Å². The first-order chi connectivity index (χ1) is 66.2. The number of fused-ring (bicyclic) bond motifs is 9. The van der Waals surface area contributed by atoms with Crippen molar-refractivity contribution in [3.05, 3.63) is 286 Å². The van der Waals surface area contributed by atoms with Gasteiger partial charge in [-0.1, -0.05) is 55.6 Å². The number of carbonyl (C=O) groups excluding carboxylic acids is 20. The number of methoxy groups -OCH3 is 1. The molecule has 33 nitrogen and oxygen atoms in total. The number of aromatic hydroxyl groups is 3. The van der Waals surface area contributed by atoms with Crippen molar-refractivity contribution >= 4 is 136 Å². The fraction of sp³-hybridized carbons (Fsp3) is 0.270. The van der Waals surface area contributed by atoms with E-state index in [2.05, 4.69) is 0 Å². The monoisotopic (exact) mass is 1990 g/mol. The average molecular weight is 1990 g/mol. The first-order valence-corrected chi connectivity index (χ1v) is 43.9. The summed E-state index contributed by atoms with van der Waals surface area (Å²) in [5, 5.41) is 29.2. The number of hydrogen-bond acceptors (Lipinski definition) is 24. The number of phenolic OH excluding ortho intramolecular Hbond substituents is 3. The van der Waals surface area contributed by atoms with Gasteiger partial charge in [0.25, 0.3) is 106 Å². The van der Waals surface area contributed by atoms with Gasteiger partial charge >= 0.3 is 6.15 Å². The predicted octanol–water partition coefficient (Wildman–Crippen LogP) is 14.5. The van der Waals surface area contributed by atoms with Crippen molar-refractivity contribution in [2.24, 2.45) is 0 Å². The van der Waals surface area contributed by atoms with Gasteiger partial charge < -0.3 is 20.1 Å². The number of amides is 18. The lowest BCUT2D eigenvalue weighted by Gasteiger charge is -2.12. The normalized spacial score (nSPS) is 14.4. The van der Waals surface area contributed by atoms with E-state index >= 15 is 0 Å². The number of benzene rings is 9. The van der Waals surface area contributed by atoms with E-state index in [-0.39, 0.29) is 146 Å². The molecule has 0 fully saturated rings. The summed E-state index contributed by atoms with van der Waals surface area (Å²) in [4.78, 5) is 236. The van der Waals surface area contributed by atoms with Gasteiger partial charge in [0.15, 0.2) is 34.9 Å². The summed E-state index contributed by atoms with van der Waals surface area (Å²) in [6.45, 7) is 26.9. The summed E-state index contributed by atoms with van der Waals surface area (Å²) in [6, 6.07) is 22.3. The number of rotatable bonds is 9. The van der Waals surface area contributed by atoms with Crippen molar-refractivity contribution in [2.45, 2.75) is 116 Å². The zero-order valence-corrected chi connectivity index (χ0v) is 80.8. The van der Waals surface area contributed by atoms with E-state index in [1.54, 1.807) is 57.2 Å². The summed E-state index contributed by atoms with van der Waals surface area (Å²) in [6.07, 6.45) is 2.46. The van der Waals surface area contributed by atoms with Crippen molar-refractivity contribution in [2.75, 3.05) is 68.0 Å². The van der Waals surface area contributed by atoms with Gasteiger partial charge in [0.05, 0.1) is 117 Å². The fourth-order valence-electron chi connectivity index (χ4n) is 16.0. The first-order valence-electron chi connectivity index (χ1n) is 43.1. The van der Waals surface area contributed by atoms with Crippen LogP contribution >= 0.6 is 23.2 Å². The van der Waals surface area contributed by atoms with E-state index in [9.17, 15) is 128 Å². The maximum absolute atomic E-state index is 13.3. The highest BCUT2D eigenvalue weighted by atomic mass is 35.5. The molecular formula is C100H91Cl2F6N9O24. The Balaban J connectivity index is 0.000000177. The maximum atomic E-state index is 13.3. The molecule has 0 bridgehead atoms. The van der Waals surface area contributed by atoms with Gasteiger partial charge in [-0.15, -0.1) is 0 Å². The van der Waals surface area contributed by atoms with Crippen LogP contribution in [0.4, 0.5) is 26.3 Å². The molecular weight excluding hydrogens is 1900 g/mol.